The summed E-state index contributed by atoms with van der Waals surface area (Å²) in [5.74, 6) is -2.33. The van der Waals surface area contributed by atoms with Crippen molar-refractivity contribution in [2.45, 2.75) is 18.7 Å². The monoisotopic (exact) mass is 506 g/mol. The number of benzene rings is 1. The van der Waals surface area contributed by atoms with Crippen LogP contribution in [0.15, 0.2) is 47.0 Å². The maximum absolute atomic E-state index is 13.0. The number of ketones is 2. The van der Waals surface area contributed by atoms with Gasteiger partial charge < -0.3 is 20.1 Å². The second-order valence-electron chi connectivity index (χ2n) is 7.83. The molecule has 34 heavy (non-hydrogen) atoms. The highest BCUT2D eigenvalue weighted by molar-refractivity contribution is 7.91. The highest BCUT2D eigenvalue weighted by atomic mass is 32.2. The lowest BCUT2D eigenvalue weighted by Crippen LogP contribution is -2.37. The first-order valence-corrected chi connectivity index (χ1v) is 12.8. The van der Waals surface area contributed by atoms with Gasteiger partial charge in [0.05, 0.1) is 35.7 Å². The Morgan fingerprint density at radius 3 is 2.65 bits per heavy atom. The number of sulfone groups is 1. The van der Waals surface area contributed by atoms with Crippen LogP contribution < -0.4 is 10.5 Å². The number of nitrogens with zero attached hydrogens (tertiary/aromatic N) is 1. The normalized spacial score (nSPS) is 19.4. The molecule has 0 fully saturated rings. The fourth-order valence-corrected chi connectivity index (χ4v) is 5.03. The van der Waals surface area contributed by atoms with Gasteiger partial charge in [-0.15, -0.1) is 0 Å². The highest BCUT2D eigenvalue weighted by Crippen LogP contribution is 2.32. The van der Waals surface area contributed by atoms with E-state index in [1.807, 2.05) is 0 Å². The Labute approximate surface area is 203 Å². The second kappa shape index (κ2) is 10.5. The van der Waals surface area contributed by atoms with Gasteiger partial charge in [0.25, 0.3) is 0 Å². The van der Waals surface area contributed by atoms with Crippen molar-refractivity contribution in [1.29, 1.82) is 0 Å². The van der Waals surface area contributed by atoms with Crippen molar-refractivity contribution in [3.63, 3.8) is 0 Å². The molecule has 0 spiro atoms. The van der Waals surface area contributed by atoms with Gasteiger partial charge in [-0.25, -0.2) is 13.2 Å². The molecular formula is C23H26N2O7S2. The summed E-state index contributed by atoms with van der Waals surface area (Å²) in [6.07, 6.45) is 5.20. The third-order valence-corrected chi connectivity index (χ3v) is 7.57. The van der Waals surface area contributed by atoms with Gasteiger partial charge in [-0.3, -0.25) is 9.59 Å². The van der Waals surface area contributed by atoms with Gasteiger partial charge in [0.2, 0.25) is 0 Å². The maximum atomic E-state index is 13.0. The molecule has 0 saturated heterocycles. The van der Waals surface area contributed by atoms with Gasteiger partial charge in [0.15, 0.2) is 28.0 Å². The number of carbonyl (C=O) groups excluding carboxylic acids is 3. The lowest BCUT2D eigenvalue weighted by Gasteiger charge is -2.22. The predicted molar refractivity (Wildman–Crippen MR) is 128 cm³/mol. The van der Waals surface area contributed by atoms with Gasteiger partial charge in [0, 0.05) is 18.3 Å². The molecule has 0 amide bonds. The van der Waals surface area contributed by atoms with Crippen LogP contribution in [0, 0.1) is 11.8 Å². The standard InChI is InChI=1S/C23H26N2O7S2/c1-3-31-21(27)13-32-19-8-6-14(9-20(19)34(29,30)4-2)18(26)12-25-10-15-5-7-16(23(24)33)22(28)17(15)11-25/h5-10,16-17H,3-4,11-13H2,1-2H3,(H2,24,33). The molecule has 0 saturated carbocycles. The Hall–Kier alpha value is -3.05. The average molecular weight is 507 g/mol. The summed E-state index contributed by atoms with van der Waals surface area (Å²) < 4.78 is 35.4. The zero-order valence-corrected chi connectivity index (χ0v) is 20.5. The first-order valence-electron chi connectivity index (χ1n) is 10.7. The molecule has 1 aliphatic heterocycles. The third kappa shape index (κ3) is 5.53. The fraction of sp³-hybridized carbons (Fsp3) is 0.391. The number of Topliss-reactive ketones (excluding diaryl/α,β-unsaturated/α-hetero) is 2. The quantitative estimate of drug-likeness (QED) is 0.282. The number of esters is 1. The highest BCUT2D eigenvalue weighted by Gasteiger charge is 2.37. The SMILES string of the molecule is CCOC(=O)COc1ccc(C(=O)CN2C=C3C=CC(C(N)=S)C(=O)C3C2)cc1S(=O)(=O)CC. The van der Waals surface area contributed by atoms with Crippen LogP contribution in [-0.2, 0) is 24.2 Å². The van der Waals surface area contributed by atoms with Crippen molar-refractivity contribution < 1.29 is 32.3 Å². The molecule has 1 aromatic rings. The van der Waals surface area contributed by atoms with E-state index >= 15 is 0 Å². The van der Waals surface area contributed by atoms with Crippen molar-refractivity contribution in [1.82, 2.24) is 4.90 Å². The summed E-state index contributed by atoms with van der Waals surface area (Å²) in [4.78, 5) is 38.9. The molecule has 2 aliphatic rings. The van der Waals surface area contributed by atoms with E-state index in [2.05, 4.69) is 0 Å². The van der Waals surface area contributed by atoms with Crippen LogP contribution in [0.1, 0.15) is 24.2 Å². The third-order valence-electron chi connectivity index (χ3n) is 5.57. The van der Waals surface area contributed by atoms with Crippen LogP contribution in [0.3, 0.4) is 0 Å². The molecule has 11 heteroatoms. The van der Waals surface area contributed by atoms with Crippen molar-refractivity contribution in [2.24, 2.45) is 17.6 Å². The molecule has 3 rings (SSSR count). The number of hydrogen-bond acceptors (Lipinski definition) is 9. The fourth-order valence-electron chi connectivity index (χ4n) is 3.79. The summed E-state index contributed by atoms with van der Waals surface area (Å²) >= 11 is 4.96. The van der Waals surface area contributed by atoms with Crippen molar-refractivity contribution in [3.8, 4) is 5.75 Å². The van der Waals surface area contributed by atoms with E-state index in [1.54, 1.807) is 30.2 Å². The second-order valence-corrected chi connectivity index (χ2v) is 10.6. The van der Waals surface area contributed by atoms with Crippen LogP contribution in [0.4, 0.5) is 0 Å². The Balaban J connectivity index is 1.77. The van der Waals surface area contributed by atoms with E-state index < -0.39 is 34.2 Å². The lowest BCUT2D eigenvalue weighted by molar-refractivity contribution is -0.145. The number of allylic oxidation sites excluding steroid dienone is 1. The molecule has 1 heterocycles. The average Bonchev–Trinajstić information content (AvgIpc) is 3.21. The van der Waals surface area contributed by atoms with Crippen LogP contribution in [0.2, 0.25) is 0 Å². The van der Waals surface area contributed by atoms with Gasteiger partial charge in [0.1, 0.15) is 10.6 Å². The van der Waals surface area contributed by atoms with Crippen molar-refractivity contribution in [3.05, 3.63) is 47.7 Å². The summed E-state index contributed by atoms with van der Waals surface area (Å²) in [5, 5.41) is 0. The first-order chi connectivity index (χ1) is 16.1. The molecule has 0 radical (unpaired) electrons. The van der Waals surface area contributed by atoms with Crippen LogP contribution >= 0.6 is 12.2 Å². The Morgan fingerprint density at radius 1 is 1.26 bits per heavy atom. The van der Waals surface area contributed by atoms with Gasteiger partial charge in [-0.1, -0.05) is 31.3 Å². The Kier molecular flexibility index (Phi) is 7.88. The lowest BCUT2D eigenvalue weighted by atomic mass is 9.83. The maximum Gasteiger partial charge on any atom is 0.344 e. The van der Waals surface area contributed by atoms with E-state index in [1.165, 1.54) is 25.1 Å². The number of nitrogens with two attached hydrogens (primary N) is 1. The Bertz CT molecular complexity index is 1190. The minimum absolute atomic E-state index is 0.0275. The molecular weight excluding hydrogens is 480 g/mol. The number of fused-ring (bicyclic) bond motifs is 1. The number of rotatable bonds is 10. The molecule has 2 N–H and O–H groups in total. The number of ether oxygens (including phenoxy) is 2. The number of thiocarbonyl (C=S) groups is 1. The van der Waals surface area contributed by atoms with Crippen LogP contribution in [-0.4, -0.2) is 67.9 Å². The number of hydrogen-bond donors (Lipinski definition) is 1. The molecule has 1 aliphatic carbocycles. The molecule has 0 bridgehead atoms. The summed E-state index contributed by atoms with van der Waals surface area (Å²) in [7, 11) is -3.74. The molecule has 0 aromatic heterocycles. The van der Waals surface area contributed by atoms with E-state index in [0.717, 1.165) is 5.57 Å². The zero-order valence-electron chi connectivity index (χ0n) is 18.9. The molecule has 2 atom stereocenters. The first kappa shape index (κ1) is 25.6. The van der Waals surface area contributed by atoms with Crippen LogP contribution in [0.5, 0.6) is 5.75 Å². The topological polar surface area (TPSA) is 133 Å². The van der Waals surface area contributed by atoms with E-state index in [-0.39, 0.29) is 51.7 Å². The molecule has 9 nitrogen and oxygen atoms in total. The van der Waals surface area contributed by atoms with E-state index in [9.17, 15) is 22.8 Å². The van der Waals surface area contributed by atoms with E-state index in [0.29, 0.717) is 6.54 Å². The minimum Gasteiger partial charge on any atom is -0.481 e. The summed E-state index contributed by atoms with van der Waals surface area (Å²) in [5.41, 5.74) is 6.60. The zero-order chi connectivity index (χ0) is 25.0. The van der Waals surface area contributed by atoms with E-state index in [4.69, 9.17) is 27.4 Å². The number of carbonyl (C=O) groups is 3. The van der Waals surface area contributed by atoms with Crippen LogP contribution in [0.25, 0.3) is 0 Å². The van der Waals surface area contributed by atoms with Gasteiger partial charge >= 0.3 is 5.97 Å². The minimum atomic E-state index is -3.74. The Morgan fingerprint density at radius 2 is 2.00 bits per heavy atom. The van der Waals surface area contributed by atoms with Crippen molar-refractivity contribution >= 4 is 44.6 Å². The summed E-state index contributed by atoms with van der Waals surface area (Å²) in [6.45, 7) is 3.10. The van der Waals surface area contributed by atoms with Gasteiger partial charge in [-0.05, 0) is 30.7 Å². The molecule has 2 unspecified atom stereocenters. The summed E-state index contributed by atoms with van der Waals surface area (Å²) in [6, 6.07) is 4.06. The van der Waals surface area contributed by atoms with Gasteiger partial charge in [-0.2, -0.15) is 0 Å². The van der Waals surface area contributed by atoms with Crippen molar-refractivity contribution in [2.75, 3.05) is 32.1 Å². The predicted octanol–water partition coefficient (Wildman–Crippen LogP) is 1.46. The molecule has 1 aromatic carbocycles. The largest absolute Gasteiger partial charge is 0.481 e. The smallest absolute Gasteiger partial charge is 0.344 e. The molecule has 182 valence electrons.